The average molecular weight is 881 g/mol. The van der Waals surface area contributed by atoms with Crippen LogP contribution < -0.4 is 40.0 Å². The minimum Gasteiger partial charge on any atom is -0.341 e. The van der Waals surface area contributed by atoms with Gasteiger partial charge >= 0.3 is 0 Å². The first kappa shape index (κ1) is 49.1. The van der Waals surface area contributed by atoms with Crippen LogP contribution in [0.3, 0.4) is 0 Å². The predicted molar refractivity (Wildman–Crippen MR) is 270 cm³/mol. The fourth-order valence-corrected chi connectivity index (χ4v) is 11.2. The van der Waals surface area contributed by atoms with E-state index in [9.17, 15) is 0 Å². The second kappa shape index (κ2) is 21.3. The van der Waals surface area contributed by atoms with Crippen LogP contribution in [-0.4, -0.2) is 130 Å². The third-order valence-corrected chi connectivity index (χ3v) is 13.2. The minimum atomic E-state index is -0.0326. The second-order valence-corrected chi connectivity index (χ2v) is 21.5. The SMILES string of the molecule is C=CCN(CC=C)c1nc(N2CCCC2)nc(N(CCCCCCN(c2nc(N(CC=C)CC=C)nc(N3CCCC3)n2)C2CC(C)(C)NC(C)(C)C2)C2CC(C)(C)NC(C)(C)C2)n1. The van der Waals surface area contributed by atoms with Crippen LogP contribution in [0.2, 0.25) is 0 Å². The van der Waals surface area contributed by atoms with Gasteiger partial charge in [0.1, 0.15) is 0 Å². The molecule has 14 heteroatoms. The Hall–Kier alpha value is -4.30. The van der Waals surface area contributed by atoms with E-state index >= 15 is 0 Å². The number of hydrogen-bond acceptors (Lipinski definition) is 14. The Balaban J connectivity index is 1.26. The van der Waals surface area contributed by atoms with Crippen molar-refractivity contribution in [3.63, 3.8) is 0 Å². The van der Waals surface area contributed by atoms with Crippen LogP contribution in [0.15, 0.2) is 50.6 Å². The molecular weight excluding hydrogens is 797 g/mol. The van der Waals surface area contributed by atoms with Gasteiger partial charge in [-0.25, -0.2) is 0 Å². The molecule has 4 aliphatic rings. The Bertz CT molecular complexity index is 1680. The van der Waals surface area contributed by atoms with E-state index < -0.39 is 0 Å². The first-order valence-electron chi connectivity index (χ1n) is 24.5. The molecule has 0 atom stereocenters. The molecule has 0 spiro atoms. The van der Waals surface area contributed by atoms with E-state index in [1.165, 1.54) is 0 Å². The zero-order valence-corrected chi connectivity index (χ0v) is 41.2. The molecular formula is C50H84N14. The lowest BCUT2D eigenvalue weighted by molar-refractivity contribution is 0.156. The van der Waals surface area contributed by atoms with Crippen molar-refractivity contribution in [1.82, 2.24) is 40.5 Å². The average Bonchev–Trinajstić information content (AvgIpc) is 3.96. The van der Waals surface area contributed by atoms with Gasteiger partial charge in [-0.1, -0.05) is 37.1 Å². The van der Waals surface area contributed by atoms with Crippen molar-refractivity contribution >= 4 is 35.7 Å². The summed E-state index contributed by atoms with van der Waals surface area (Å²) >= 11 is 0. The number of unbranched alkanes of at least 4 members (excludes halogenated alkanes) is 3. The Morgan fingerprint density at radius 3 is 1.06 bits per heavy atom. The summed E-state index contributed by atoms with van der Waals surface area (Å²) in [5, 5.41) is 7.84. The zero-order chi connectivity index (χ0) is 46.1. The van der Waals surface area contributed by atoms with Crippen molar-refractivity contribution in [3.05, 3.63) is 50.6 Å². The van der Waals surface area contributed by atoms with Crippen molar-refractivity contribution in [2.24, 2.45) is 0 Å². The third-order valence-electron chi connectivity index (χ3n) is 13.2. The van der Waals surface area contributed by atoms with Gasteiger partial charge in [0.05, 0.1) is 0 Å². The number of aromatic nitrogens is 6. The molecule has 2 aromatic heterocycles. The number of rotatable bonds is 23. The lowest BCUT2D eigenvalue weighted by Gasteiger charge is -2.50. The normalized spacial score (nSPS) is 20.5. The predicted octanol–water partition coefficient (Wildman–Crippen LogP) is 8.11. The number of hydrogen-bond donors (Lipinski definition) is 2. The topological polar surface area (TPSA) is 121 Å². The highest BCUT2D eigenvalue weighted by atomic mass is 15.4. The summed E-state index contributed by atoms with van der Waals surface area (Å²) in [6.07, 6.45) is 20.5. The van der Waals surface area contributed by atoms with Gasteiger partial charge in [0, 0.05) is 99.7 Å². The molecule has 6 rings (SSSR count). The number of piperidine rings is 2. The van der Waals surface area contributed by atoms with Crippen LogP contribution in [0.1, 0.15) is 132 Å². The molecule has 64 heavy (non-hydrogen) atoms. The van der Waals surface area contributed by atoms with E-state index in [1.807, 2.05) is 24.3 Å². The van der Waals surface area contributed by atoms with Gasteiger partial charge in [0.2, 0.25) is 35.7 Å². The molecule has 0 bridgehead atoms. The molecule has 0 saturated carbocycles. The van der Waals surface area contributed by atoms with Crippen molar-refractivity contribution in [2.75, 3.05) is 94.8 Å². The van der Waals surface area contributed by atoms with Gasteiger partial charge in [-0.05, 0) is 120 Å². The molecule has 6 heterocycles. The van der Waals surface area contributed by atoms with E-state index in [0.717, 1.165) is 140 Å². The van der Waals surface area contributed by atoms with Crippen molar-refractivity contribution in [3.8, 4) is 0 Å². The fourth-order valence-electron chi connectivity index (χ4n) is 11.2. The molecule has 4 saturated heterocycles. The third kappa shape index (κ3) is 13.2. The Kier molecular flexibility index (Phi) is 16.4. The lowest BCUT2D eigenvalue weighted by Crippen LogP contribution is -2.62. The molecule has 4 aliphatic heterocycles. The molecule has 0 aliphatic carbocycles. The summed E-state index contributed by atoms with van der Waals surface area (Å²) in [6.45, 7) is 43.0. The first-order chi connectivity index (χ1) is 30.4. The highest BCUT2D eigenvalue weighted by Gasteiger charge is 2.42. The number of nitrogens with one attached hydrogen (secondary N) is 2. The van der Waals surface area contributed by atoms with Gasteiger partial charge in [0.15, 0.2) is 0 Å². The minimum absolute atomic E-state index is 0.0326. The second-order valence-electron chi connectivity index (χ2n) is 21.5. The molecule has 0 amide bonds. The fraction of sp³-hybridized carbons (Fsp3) is 0.720. The monoisotopic (exact) mass is 881 g/mol. The van der Waals surface area contributed by atoms with E-state index in [2.05, 4.69) is 122 Å². The Morgan fingerprint density at radius 2 is 0.766 bits per heavy atom. The summed E-state index contributed by atoms with van der Waals surface area (Å²) in [5.41, 5.74) is -0.130. The molecule has 0 radical (unpaired) electrons. The first-order valence-corrected chi connectivity index (χ1v) is 24.5. The molecule has 2 aromatic rings. The molecule has 0 unspecified atom stereocenters. The molecule has 354 valence electrons. The molecule has 14 nitrogen and oxygen atoms in total. The lowest BCUT2D eigenvalue weighted by atomic mass is 9.79. The highest BCUT2D eigenvalue weighted by Crippen LogP contribution is 2.36. The Morgan fingerprint density at radius 1 is 0.469 bits per heavy atom. The largest absolute Gasteiger partial charge is 0.341 e. The summed E-state index contributed by atoms with van der Waals surface area (Å²) in [6, 6.07) is 0.541. The Labute approximate surface area is 387 Å². The van der Waals surface area contributed by atoms with Crippen molar-refractivity contribution in [2.45, 2.75) is 167 Å². The smallest absolute Gasteiger partial charge is 0.232 e. The van der Waals surface area contributed by atoms with Crippen molar-refractivity contribution < 1.29 is 0 Å². The van der Waals surface area contributed by atoms with Gasteiger partial charge in [0.25, 0.3) is 0 Å². The van der Waals surface area contributed by atoms with Gasteiger partial charge < -0.3 is 40.0 Å². The van der Waals surface area contributed by atoms with E-state index in [1.54, 1.807) is 0 Å². The highest BCUT2D eigenvalue weighted by molar-refractivity contribution is 5.50. The van der Waals surface area contributed by atoms with Crippen LogP contribution in [0, 0.1) is 0 Å². The summed E-state index contributed by atoms with van der Waals surface area (Å²) in [7, 11) is 0. The van der Waals surface area contributed by atoms with Crippen LogP contribution in [-0.2, 0) is 0 Å². The molecule has 4 fully saturated rings. The zero-order valence-electron chi connectivity index (χ0n) is 41.2. The van der Waals surface area contributed by atoms with Gasteiger partial charge in [-0.15, -0.1) is 26.3 Å². The van der Waals surface area contributed by atoms with E-state index in [4.69, 9.17) is 29.9 Å². The number of anilines is 6. The standard InChI is InChI=1S/C50H84N14/c1-13-25-59(26-14-2)41-51-43(61-29-21-22-30-61)55-45(53-41)63(39-35-47(5,6)57-48(7,8)36-39)33-19-17-18-20-34-64(40-37-49(9,10)58-50(11,12)38-40)46-54-42(60(27-15-3)28-16-4)52-44(56-46)62-31-23-24-32-62/h13-16,39-40,57-58H,1-4,17-38H2,5-12H3. The molecule has 2 N–H and O–H groups in total. The quantitative estimate of drug-likeness (QED) is 0.0826. The van der Waals surface area contributed by atoms with Crippen molar-refractivity contribution in [1.29, 1.82) is 0 Å². The van der Waals surface area contributed by atoms with Crippen LogP contribution in [0.4, 0.5) is 35.7 Å². The van der Waals surface area contributed by atoms with Crippen LogP contribution in [0.25, 0.3) is 0 Å². The summed E-state index contributed by atoms with van der Waals surface area (Å²) < 4.78 is 0. The van der Waals surface area contributed by atoms with E-state index in [0.29, 0.717) is 38.1 Å². The maximum absolute atomic E-state index is 5.30. The van der Waals surface area contributed by atoms with Gasteiger partial charge in [-0.3, -0.25) is 0 Å². The summed E-state index contributed by atoms with van der Waals surface area (Å²) in [4.78, 5) is 45.3. The maximum Gasteiger partial charge on any atom is 0.232 e. The maximum atomic E-state index is 5.30. The van der Waals surface area contributed by atoms with Crippen LogP contribution >= 0.6 is 0 Å². The van der Waals surface area contributed by atoms with Gasteiger partial charge in [-0.2, -0.15) is 29.9 Å². The van der Waals surface area contributed by atoms with Crippen LogP contribution in [0.5, 0.6) is 0 Å². The van der Waals surface area contributed by atoms with E-state index in [-0.39, 0.29) is 34.2 Å². The number of nitrogens with zero attached hydrogens (tertiary/aromatic N) is 12. The summed E-state index contributed by atoms with van der Waals surface area (Å²) in [5.74, 6) is 4.52. The molecule has 0 aromatic carbocycles.